The number of nitrogens with zero attached hydrogens (tertiary/aromatic N) is 3. The second-order valence-electron chi connectivity index (χ2n) is 13.3. The highest BCUT2D eigenvalue weighted by atomic mass is 32.1. The van der Waals surface area contributed by atoms with E-state index in [2.05, 4.69) is 157 Å². The molecule has 4 aromatic carbocycles. The first kappa shape index (κ1) is 30.4. The molecule has 0 radical (unpaired) electrons. The standard InChI is InChI=1S/C45H38N4S/c1-29-44(45-36-18-10-12-20-41(36)50-42(45)25-26-43(46)47-32-13-5-3-6-14-32)37-27-30(22-24-38(37)48(29)2)31-21-23-35-34-17-9-11-19-39(34)49(40(35)28-31)33-15-7-4-8-16-33/h3-13,15-21,23-28,30,32H,14,22H2,1-2H3,(H2,46,47). The molecule has 2 atom stereocenters. The van der Waals surface area contributed by atoms with Gasteiger partial charge in [0.2, 0.25) is 0 Å². The fourth-order valence-electron chi connectivity index (χ4n) is 7.90. The van der Waals surface area contributed by atoms with Crippen molar-refractivity contribution in [2.75, 3.05) is 0 Å². The fourth-order valence-corrected chi connectivity index (χ4v) is 9.01. The third-order valence-corrected chi connectivity index (χ3v) is 11.5. The number of fused-ring (bicyclic) bond motifs is 5. The first-order chi connectivity index (χ1) is 24.5. The molecule has 0 saturated carbocycles. The van der Waals surface area contributed by atoms with Crippen molar-refractivity contribution in [3.8, 4) is 16.8 Å². The SMILES string of the molecule is Cc1c(-c2c(C=CC(N)=NC3C=CC=CC3)sc3ccccc23)c2c(n1C)=CCC(c1ccc3c4ccccc4n(-c4ccccc4)c3c1)C=2. The highest BCUT2D eigenvalue weighted by Gasteiger charge is 2.23. The average Bonchev–Trinajstić information content (AvgIpc) is 3.77. The normalized spacial score (nSPS) is 17.5. The summed E-state index contributed by atoms with van der Waals surface area (Å²) in [6.45, 7) is 2.26. The van der Waals surface area contributed by atoms with Crippen molar-refractivity contribution in [3.05, 3.63) is 154 Å². The van der Waals surface area contributed by atoms with Gasteiger partial charge in [-0.25, -0.2) is 0 Å². The van der Waals surface area contributed by atoms with Crippen LogP contribution in [0.1, 0.15) is 34.9 Å². The molecule has 2 unspecified atom stereocenters. The summed E-state index contributed by atoms with van der Waals surface area (Å²) in [5.41, 5.74) is 15.3. The molecule has 0 amide bonds. The third-order valence-electron chi connectivity index (χ3n) is 10.4. The number of aliphatic imine (C=N–C) groups is 1. The maximum absolute atomic E-state index is 6.47. The van der Waals surface area contributed by atoms with Crippen LogP contribution in [0.3, 0.4) is 0 Å². The molecule has 50 heavy (non-hydrogen) atoms. The fraction of sp³-hybridized carbons (Fsp3) is 0.133. The van der Waals surface area contributed by atoms with Crippen LogP contribution in [0.5, 0.6) is 0 Å². The number of hydrogen-bond acceptors (Lipinski definition) is 2. The minimum absolute atomic E-state index is 0.0881. The van der Waals surface area contributed by atoms with E-state index in [-0.39, 0.29) is 12.0 Å². The highest BCUT2D eigenvalue weighted by molar-refractivity contribution is 7.20. The van der Waals surface area contributed by atoms with Crippen molar-refractivity contribution in [2.45, 2.75) is 31.7 Å². The van der Waals surface area contributed by atoms with Crippen molar-refractivity contribution in [2.24, 2.45) is 17.8 Å². The summed E-state index contributed by atoms with van der Waals surface area (Å²) in [5, 5.41) is 6.43. The molecule has 0 aliphatic heterocycles. The van der Waals surface area contributed by atoms with Crippen LogP contribution < -0.4 is 16.3 Å². The molecule has 0 spiro atoms. The molecule has 0 fully saturated rings. The molecule has 2 aliphatic rings. The second-order valence-corrected chi connectivity index (χ2v) is 14.4. The van der Waals surface area contributed by atoms with E-state index in [4.69, 9.17) is 10.7 Å². The Balaban J connectivity index is 1.19. The number of benzene rings is 4. The largest absolute Gasteiger partial charge is 0.384 e. The Morgan fingerprint density at radius 2 is 1.62 bits per heavy atom. The molecule has 4 nitrogen and oxygen atoms in total. The zero-order valence-electron chi connectivity index (χ0n) is 28.3. The minimum Gasteiger partial charge on any atom is -0.384 e. The van der Waals surface area contributed by atoms with Gasteiger partial charge in [0.1, 0.15) is 5.84 Å². The number of para-hydroxylation sites is 2. The van der Waals surface area contributed by atoms with E-state index in [1.807, 2.05) is 23.5 Å². The summed E-state index contributed by atoms with van der Waals surface area (Å²) in [5.74, 6) is 0.799. The van der Waals surface area contributed by atoms with Crippen LogP contribution >= 0.6 is 11.3 Å². The molecule has 0 saturated heterocycles. The van der Waals surface area contributed by atoms with Crippen molar-refractivity contribution in [1.82, 2.24) is 9.13 Å². The molecular weight excluding hydrogens is 629 g/mol. The smallest absolute Gasteiger partial charge is 0.118 e. The zero-order valence-corrected chi connectivity index (χ0v) is 29.1. The third kappa shape index (κ3) is 5.08. The summed E-state index contributed by atoms with van der Waals surface area (Å²) >= 11 is 1.82. The first-order valence-corrected chi connectivity index (χ1v) is 18.2. The molecule has 244 valence electrons. The Labute approximate surface area is 295 Å². The summed E-state index contributed by atoms with van der Waals surface area (Å²) in [4.78, 5) is 5.96. The first-order valence-electron chi connectivity index (χ1n) is 17.4. The lowest BCUT2D eigenvalue weighted by molar-refractivity contribution is 0.826. The highest BCUT2D eigenvalue weighted by Crippen LogP contribution is 2.40. The van der Waals surface area contributed by atoms with Crippen molar-refractivity contribution < 1.29 is 0 Å². The van der Waals surface area contributed by atoms with Gasteiger partial charge in [-0.15, -0.1) is 11.3 Å². The van der Waals surface area contributed by atoms with Gasteiger partial charge in [-0.3, -0.25) is 4.99 Å². The topological polar surface area (TPSA) is 48.2 Å². The number of allylic oxidation sites excluding steroid dienone is 2. The van der Waals surface area contributed by atoms with Crippen LogP contribution in [0.2, 0.25) is 0 Å². The number of hydrogen-bond donors (Lipinski definition) is 1. The van der Waals surface area contributed by atoms with E-state index >= 15 is 0 Å². The molecule has 3 aromatic heterocycles. The maximum Gasteiger partial charge on any atom is 0.118 e. The lowest BCUT2D eigenvalue weighted by Crippen LogP contribution is -2.32. The van der Waals surface area contributed by atoms with Crippen molar-refractivity contribution in [3.63, 3.8) is 0 Å². The van der Waals surface area contributed by atoms with Gasteiger partial charge < -0.3 is 14.9 Å². The van der Waals surface area contributed by atoms with E-state index in [0.717, 1.165) is 12.8 Å². The van der Waals surface area contributed by atoms with E-state index in [1.165, 1.54) is 75.4 Å². The van der Waals surface area contributed by atoms with Gasteiger partial charge >= 0.3 is 0 Å². The predicted octanol–water partition coefficient (Wildman–Crippen LogP) is 9.32. The summed E-state index contributed by atoms with van der Waals surface area (Å²) < 4.78 is 6.05. The second kappa shape index (κ2) is 12.3. The molecule has 5 heteroatoms. The Hall–Kier alpha value is -5.65. The van der Waals surface area contributed by atoms with Crippen LogP contribution in [-0.4, -0.2) is 21.0 Å². The van der Waals surface area contributed by atoms with Crippen LogP contribution in [0.4, 0.5) is 0 Å². The quantitative estimate of drug-likeness (QED) is 0.140. The Morgan fingerprint density at radius 3 is 2.46 bits per heavy atom. The summed E-state index contributed by atoms with van der Waals surface area (Å²) in [6, 6.07) is 35.4. The molecule has 0 bridgehead atoms. The van der Waals surface area contributed by atoms with E-state index < -0.39 is 0 Å². The van der Waals surface area contributed by atoms with Gasteiger partial charge in [-0.2, -0.15) is 0 Å². The van der Waals surface area contributed by atoms with Gasteiger partial charge in [-0.05, 0) is 67.8 Å². The molecule has 7 aromatic rings. The number of aromatic nitrogens is 2. The molecule has 3 heterocycles. The summed E-state index contributed by atoms with van der Waals surface area (Å²) in [6.07, 6.45) is 19.3. The Kier molecular flexibility index (Phi) is 7.51. The van der Waals surface area contributed by atoms with Crippen LogP contribution in [-0.2, 0) is 7.05 Å². The number of rotatable bonds is 6. The van der Waals surface area contributed by atoms with Gasteiger partial charge in [0, 0.05) is 71.8 Å². The minimum atomic E-state index is 0.0881. The van der Waals surface area contributed by atoms with Crippen molar-refractivity contribution in [1.29, 1.82) is 0 Å². The monoisotopic (exact) mass is 666 g/mol. The number of thiophene rings is 1. The van der Waals surface area contributed by atoms with Crippen molar-refractivity contribution >= 4 is 67.3 Å². The average molecular weight is 667 g/mol. The van der Waals surface area contributed by atoms with Gasteiger partial charge in [0.05, 0.1) is 17.1 Å². The van der Waals surface area contributed by atoms with Gasteiger partial charge in [0.15, 0.2) is 0 Å². The summed E-state index contributed by atoms with van der Waals surface area (Å²) in [7, 11) is 2.20. The number of amidine groups is 1. The van der Waals surface area contributed by atoms with Crippen LogP contribution in [0.15, 0.2) is 132 Å². The number of nitrogens with two attached hydrogens (primary N) is 1. The molecule has 2 aliphatic carbocycles. The predicted molar refractivity (Wildman–Crippen MR) is 215 cm³/mol. The Bertz CT molecular complexity index is 2690. The van der Waals surface area contributed by atoms with Gasteiger partial charge in [-0.1, -0.05) is 103 Å². The lowest BCUT2D eigenvalue weighted by Gasteiger charge is -2.16. The Morgan fingerprint density at radius 1 is 0.840 bits per heavy atom. The van der Waals surface area contributed by atoms with E-state index in [9.17, 15) is 0 Å². The van der Waals surface area contributed by atoms with Crippen LogP contribution in [0.25, 0.3) is 66.9 Å². The lowest BCUT2D eigenvalue weighted by atomic mass is 9.89. The van der Waals surface area contributed by atoms with E-state index in [1.54, 1.807) is 0 Å². The molecule has 9 rings (SSSR count). The maximum atomic E-state index is 6.47. The molecule has 2 N–H and O–H groups in total. The van der Waals surface area contributed by atoms with Gasteiger partial charge in [0.25, 0.3) is 0 Å². The zero-order chi connectivity index (χ0) is 33.8. The van der Waals surface area contributed by atoms with Crippen LogP contribution in [0, 0.1) is 6.92 Å². The molecular formula is C45H38N4S. The van der Waals surface area contributed by atoms with E-state index in [0.29, 0.717) is 5.84 Å².